The maximum atomic E-state index is 5.49. The third-order valence-corrected chi connectivity index (χ3v) is 3.91. The second-order valence-electron chi connectivity index (χ2n) is 5.00. The number of hydrogen-bond donors (Lipinski definition) is 1. The van der Waals surface area contributed by atoms with E-state index in [1.807, 2.05) is 0 Å². The summed E-state index contributed by atoms with van der Waals surface area (Å²) in [4.78, 5) is 0. The third kappa shape index (κ3) is 4.54. The zero-order valence-corrected chi connectivity index (χ0v) is 11.5. The van der Waals surface area contributed by atoms with Gasteiger partial charge in [-0.3, -0.25) is 0 Å². The molecule has 17 heavy (non-hydrogen) atoms. The lowest BCUT2D eigenvalue weighted by atomic mass is 9.70. The minimum absolute atomic E-state index is 0.321. The molecule has 0 aromatic heterocycles. The highest BCUT2D eigenvalue weighted by atomic mass is 16.5. The Hall–Kier alpha value is -0.160. The summed E-state index contributed by atoms with van der Waals surface area (Å²) in [6.07, 6.45) is 2.25. The normalized spacial score (nSPS) is 21.4. The number of rotatable bonds is 8. The van der Waals surface area contributed by atoms with Crippen molar-refractivity contribution in [2.24, 2.45) is 11.3 Å². The van der Waals surface area contributed by atoms with E-state index in [0.29, 0.717) is 11.3 Å². The van der Waals surface area contributed by atoms with Crippen LogP contribution in [-0.2, 0) is 14.2 Å². The van der Waals surface area contributed by atoms with E-state index in [2.05, 4.69) is 12.2 Å². The first-order valence-electron chi connectivity index (χ1n) is 6.51. The summed E-state index contributed by atoms with van der Waals surface area (Å²) in [6, 6.07) is 0. The van der Waals surface area contributed by atoms with Crippen LogP contribution in [0.5, 0.6) is 0 Å². The molecule has 0 saturated carbocycles. The lowest BCUT2D eigenvalue weighted by Gasteiger charge is -2.42. The first-order valence-corrected chi connectivity index (χ1v) is 6.51. The number of hydrogen-bond acceptors (Lipinski definition) is 4. The van der Waals surface area contributed by atoms with Gasteiger partial charge >= 0.3 is 0 Å². The molecular formula is C13H27NO3. The summed E-state index contributed by atoms with van der Waals surface area (Å²) < 4.78 is 15.9. The van der Waals surface area contributed by atoms with Gasteiger partial charge in [0.1, 0.15) is 0 Å². The van der Waals surface area contributed by atoms with Gasteiger partial charge in [0, 0.05) is 47.1 Å². The van der Waals surface area contributed by atoms with E-state index in [9.17, 15) is 0 Å². The fraction of sp³-hybridized carbons (Fsp3) is 1.00. The quantitative estimate of drug-likeness (QED) is 0.654. The van der Waals surface area contributed by atoms with E-state index < -0.39 is 0 Å². The summed E-state index contributed by atoms with van der Waals surface area (Å²) in [5, 5.41) is 3.50. The number of nitrogens with one attached hydrogen (secondary N) is 1. The van der Waals surface area contributed by atoms with Gasteiger partial charge < -0.3 is 19.5 Å². The Morgan fingerprint density at radius 1 is 1.24 bits per heavy atom. The second kappa shape index (κ2) is 8.03. The van der Waals surface area contributed by atoms with Gasteiger partial charge in [0.2, 0.25) is 0 Å². The molecule has 1 fully saturated rings. The zero-order chi connectivity index (χ0) is 12.6. The SMILES string of the molecule is COCCNCC1(C(C)COC)CCOCC1. The van der Waals surface area contributed by atoms with Gasteiger partial charge in [0.25, 0.3) is 0 Å². The summed E-state index contributed by atoms with van der Waals surface area (Å²) in [5.41, 5.74) is 0.321. The molecular weight excluding hydrogens is 218 g/mol. The molecule has 1 atom stereocenters. The molecule has 1 heterocycles. The highest BCUT2D eigenvalue weighted by Gasteiger charge is 2.37. The molecule has 102 valence electrons. The van der Waals surface area contributed by atoms with Crippen molar-refractivity contribution in [3.8, 4) is 0 Å². The predicted octanol–water partition coefficient (Wildman–Crippen LogP) is 1.30. The Morgan fingerprint density at radius 3 is 2.53 bits per heavy atom. The van der Waals surface area contributed by atoms with E-state index in [0.717, 1.165) is 52.4 Å². The summed E-state index contributed by atoms with van der Waals surface area (Å²) >= 11 is 0. The first kappa shape index (κ1) is 14.9. The van der Waals surface area contributed by atoms with Gasteiger partial charge in [0.05, 0.1) is 6.61 Å². The Balaban J connectivity index is 2.45. The Labute approximate surface area is 105 Å². The van der Waals surface area contributed by atoms with Crippen molar-refractivity contribution in [2.75, 3.05) is 53.7 Å². The van der Waals surface area contributed by atoms with Crippen LogP contribution in [0.1, 0.15) is 19.8 Å². The fourth-order valence-electron chi connectivity index (χ4n) is 2.56. The molecule has 0 amide bonds. The van der Waals surface area contributed by atoms with Crippen LogP contribution in [0, 0.1) is 11.3 Å². The lowest BCUT2D eigenvalue weighted by Crippen LogP contribution is -2.45. The Morgan fingerprint density at radius 2 is 1.94 bits per heavy atom. The van der Waals surface area contributed by atoms with E-state index in [-0.39, 0.29) is 0 Å². The number of ether oxygens (including phenoxy) is 3. The van der Waals surface area contributed by atoms with Crippen molar-refractivity contribution >= 4 is 0 Å². The smallest absolute Gasteiger partial charge is 0.0587 e. The van der Waals surface area contributed by atoms with Crippen LogP contribution in [0.3, 0.4) is 0 Å². The standard InChI is InChI=1S/C13H27NO3/c1-12(10-16-3)13(4-7-17-8-5-13)11-14-6-9-15-2/h12,14H,4-11H2,1-3H3. The van der Waals surface area contributed by atoms with Crippen molar-refractivity contribution < 1.29 is 14.2 Å². The van der Waals surface area contributed by atoms with Crippen LogP contribution in [-0.4, -0.2) is 53.7 Å². The van der Waals surface area contributed by atoms with Crippen LogP contribution >= 0.6 is 0 Å². The van der Waals surface area contributed by atoms with Gasteiger partial charge in [-0.1, -0.05) is 6.92 Å². The van der Waals surface area contributed by atoms with Crippen molar-refractivity contribution in [3.63, 3.8) is 0 Å². The average molecular weight is 245 g/mol. The van der Waals surface area contributed by atoms with E-state index in [4.69, 9.17) is 14.2 Å². The molecule has 0 aromatic carbocycles. The highest BCUT2D eigenvalue weighted by Crippen LogP contribution is 2.37. The van der Waals surface area contributed by atoms with Crippen LogP contribution in [0.2, 0.25) is 0 Å². The Kier molecular flexibility index (Phi) is 7.04. The molecule has 1 aliphatic heterocycles. The molecule has 1 rings (SSSR count). The number of methoxy groups -OCH3 is 2. The van der Waals surface area contributed by atoms with Crippen LogP contribution in [0.15, 0.2) is 0 Å². The molecule has 1 unspecified atom stereocenters. The van der Waals surface area contributed by atoms with Gasteiger partial charge in [0.15, 0.2) is 0 Å². The Bertz CT molecular complexity index is 193. The molecule has 0 spiro atoms. The third-order valence-electron chi connectivity index (χ3n) is 3.91. The second-order valence-corrected chi connectivity index (χ2v) is 5.00. The molecule has 1 saturated heterocycles. The van der Waals surface area contributed by atoms with Gasteiger partial charge in [-0.25, -0.2) is 0 Å². The summed E-state index contributed by atoms with van der Waals surface area (Å²) in [5.74, 6) is 0.562. The molecule has 0 radical (unpaired) electrons. The highest BCUT2D eigenvalue weighted by molar-refractivity contribution is 4.88. The molecule has 1 aliphatic rings. The van der Waals surface area contributed by atoms with Crippen molar-refractivity contribution in [1.82, 2.24) is 5.32 Å². The maximum Gasteiger partial charge on any atom is 0.0587 e. The topological polar surface area (TPSA) is 39.7 Å². The summed E-state index contributed by atoms with van der Waals surface area (Å²) in [7, 11) is 3.52. The minimum atomic E-state index is 0.321. The zero-order valence-electron chi connectivity index (χ0n) is 11.5. The molecule has 1 N–H and O–H groups in total. The van der Waals surface area contributed by atoms with Crippen molar-refractivity contribution in [2.45, 2.75) is 19.8 Å². The molecule has 0 bridgehead atoms. The van der Waals surface area contributed by atoms with E-state index in [1.54, 1.807) is 14.2 Å². The largest absolute Gasteiger partial charge is 0.384 e. The average Bonchev–Trinajstić information content (AvgIpc) is 2.36. The van der Waals surface area contributed by atoms with E-state index in [1.165, 1.54) is 0 Å². The molecule has 0 aromatic rings. The fourth-order valence-corrected chi connectivity index (χ4v) is 2.56. The molecule has 0 aliphatic carbocycles. The van der Waals surface area contributed by atoms with Gasteiger partial charge in [-0.05, 0) is 24.2 Å². The molecule has 4 nitrogen and oxygen atoms in total. The monoisotopic (exact) mass is 245 g/mol. The van der Waals surface area contributed by atoms with Gasteiger partial charge in [-0.2, -0.15) is 0 Å². The van der Waals surface area contributed by atoms with Crippen molar-refractivity contribution in [3.05, 3.63) is 0 Å². The minimum Gasteiger partial charge on any atom is -0.384 e. The van der Waals surface area contributed by atoms with Crippen LogP contribution < -0.4 is 5.32 Å². The first-order chi connectivity index (χ1) is 8.25. The van der Waals surface area contributed by atoms with E-state index >= 15 is 0 Å². The maximum absolute atomic E-state index is 5.49. The lowest BCUT2D eigenvalue weighted by molar-refractivity contribution is -0.0336. The summed E-state index contributed by atoms with van der Waals surface area (Å²) in [6.45, 7) is 7.58. The van der Waals surface area contributed by atoms with Gasteiger partial charge in [-0.15, -0.1) is 0 Å². The predicted molar refractivity (Wildman–Crippen MR) is 68.3 cm³/mol. The van der Waals surface area contributed by atoms with Crippen LogP contribution in [0.4, 0.5) is 0 Å². The molecule has 4 heteroatoms. The van der Waals surface area contributed by atoms with Crippen LogP contribution in [0.25, 0.3) is 0 Å². The van der Waals surface area contributed by atoms with Crippen molar-refractivity contribution in [1.29, 1.82) is 0 Å².